The first-order chi connectivity index (χ1) is 15.7. The number of para-hydroxylation sites is 1. The minimum atomic E-state index is -4.81. The number of rotatable bonds is 8. The SMILES string of the molecule is Cl.O=S(=O)(Nc1cc2cccc(NCCCN3CCOCC3)c2o1)c1ccccc1C(F)(F)F. The average Bonchev–Trinajstić information content (AvgIpc) is 3.19. The summed E-state index contributed by atoms with van der Waals surface area (Å²) >= 11 is 0. The molecule has 7 nitrogen and oxygen atoms in total. The number of nitrogens with one attached hydrogen (secondary N) is 2. The summed E-state index contributed by atoms with van der Waals surface area (Å²) in [6, 6.07) is 10.8. The van der Waals surface area contributed by atoms with Crippen molar-refractivity contribution in [2.45, 2.75) is 17.5 Å². The summed E-state index contributed by atoms with van der Waals surface area (Å²) < 4.78 is 78.3. The van der Waals surface area contributed by atoms with Gasteiger partial charge in [-0.05, 0) is 31.2 Å². The molecule has 0 saturated carbocycles. The lowest BCUT2D eigenvalue weighted by Crippen LogP contribution is -2.37. The number of hydrogen-bond donors (Lipinski definition) is 2. The molecule has 2 aromatic carbocycles. The van der Waals surface area contributed by atoms with Gasteiger partial charge in [-0.15, -0.1) is 12.4 Å². The molecule has 2 heterocycles. The van der Waals surface area contributed by atoms with Gasteiger partial charge < -0.3 is 14.5 Å². The van der Waals surface area contributed by atoms with Crippen molar-refractivity contribution in [3.63, 3.8) is 0 Å². The summed E-state index contributed by atoms with van der Waals surface area (Å²) in [7, 11) is -4.52. The number of sulfonamides is 1. The van der Waals surface area contributed by atoms with E-state index < -0.39 is 26.7 Å². The van der Waals surface area contributed by atoms with E-state index in [4.69, 9.17) is 9.15 Å². The molecule has 3 aromatic rings. The van der Waals surface area contributed by atoms with Gasteiger partial charge in [-0.25, -0.2) is 13.1 Å². The average molecular weight is 520 g/mol. The third-order valence-electron chi connectivity index (χ3n) is 5.33. The largest absolute Gasteiger partial charge is 0.438 e. The lowest BCUT2D eigenvalue weighted by Gasteiger charge is -2.26. The fourth-order valence-electron chi connectivity index (χ4n) is 3.73. The van der Waals surface area contributed by atoms with Crippen molar-refractivity contribution in [3.05, 3.63) is 54.1 Å². The highest BCUT2D eigenvalue weighted by Gasteiger charge is 2.37. The molecule has 0 spiro atoms. The van der Waals surface area contributed by atoms with Crippen molar-refractivity contribution in [1.82, 2.24) is 4.90 Å². The second kappa shape index (κ2) is 10.9. The zero-order chi connectivity index (χ0) is 23.5. The standard InChI is InChI=1S/C22H24F3N3O4S.ClH/c23-22(24,25)17-6-1-2-8-19(17)33(29,30)27-20-15-16-5-3-7-18(21(16)32-20)26-9-4-10-28-11-13-31-14-12-28;/h1-3,5-8,15,26-27H,4,9-14H2;1H. The lowest BCUT2D eigenvalue weighted by molar-refractivity contribution is -0.139. The quantitative estimate of drug-likeness (QED) is 0.416. The zero-order valence-electron chi connectivity index (χ0n) is 18.1. The molecule has 1 aromatic heterocycles. The van der Waals surface area contributed by atoms with E-state index in [2.05, 4.69) is 14.9 Å². The van der Waals surface area contributed by atoms with Gasteiger partial charge in [0.05, 0.1) is 29.4 Å². The van der Waals surface area contributed by atoms with E-state index in [1.807, 2.05) is 0 Å². The Morgan fingerprint density at radius 1 is 1.03 bits per heavy atom. The highest BCUT2D eigenvalue weighted by Crippen LogP contribution is 2.36. The molecule has 2 N–H and O–H groups in total. The number of fused-ring (bicyclic) bond motifs is 1. The van der Waals surface area contributed by atoms with Crippen LogP contribution in [0.15, 0.2) is 57.8 Å². The predicted molar refractivity (Wildman–Crippen MR) is 126 cm³/mol. The summed E-state index contributed by atoms with van der Waals surface area (Å²) in [6.45, 7) is 4.91. The van der Waals surface area contributed by atoms with Crippen LogP contribution >= 0.6 is 12.4 Å². The molecule has 0 unspecified atom stereocenters. The molecule has 4 rings (SSSR count). The molecule has 1 fully saturated rings. The molecular weight excluding hydrogens is 495 g/mol. The molecule has 1 saturated heterocycles. The third-order valence-corrected chi connectivity index (χ3v) is 6.74. The number of anilines is 2. The van der Waals surface area contributed by atoms with E-state index in [9.17, 15) is 21.6 Å². The summed E-state index contributed by atoms with van der Waals surface area (Å²) in [5, 5.41) is 3.91. The Hall–Kier alpha value is -2.47. The molecule has 0 atom stereocenters. The van der Waals surface area contributed by atoms with Crippen LogP contribution in [-0.2, 0) is 20.9 Å². The predicted octanol–water partition coefficient (Wildman–Crippen LogP) is 4.81. The van der Waals surface area contributed by atoms with Crippen LogP contribution in [0.3, 0.4) is 0 Å². The first-order valence-electron chi connectivity index (χ1n) is 10.5. The van der Waals surface area contributed by atoms with Gasteiger partial charge in [0.1, 0.15) is 0 Å². The molecular formula is C22H25ClF3N3O4S. The number of nitrogens with zero attached hydrogens (tertiary/aromatic N) is 1. The number of halogens is 4. The van der Waals surface area contributed by atoms with Gasteiger partial charge in [-0.1, -0.05) is 24.3 Å². The fourth-order valence-corrected chi connectivity index (χ4v) is 4.93. The van der Waals surface area contributed by atoms with Crippen LogP contribution in [0, 0.1) is 0 Å². The maximum absolute atomic E-state index is 13.3. The van der Waals surface area contributed by atoms with E-state index in [0.29, 0.717) is 23.2 Å². The Balaban J connectivity index is 0.00000324. The van der Waals surface area contributed by atoms with E-state index >= 15 is 0 Å². The lowest BCUT2D eigenvalue weighted by atomic mass is 10.2. The van der Waals surface area contributed by atoms with Gasteiger partial charge in [0.25, 0.3) is 10.0 Å². The molecule has 1 aliphatic heterocycles. The van der Waals surface area contributed by atoms with Crippen molar-refractivity contribution in [2.75, 3.05) is 49.4 Å². The van der Waals surface area contributed by atoms with Gasteiger partial charge >= 0.3 is 6.18 Å². The minimum absolute atomic E-state index is 0. The monoisotopic (exact) mass is 519 g/mol. The Labute approximate surface area is 201 Å². The molecule has 0 aliphatic carbocycles. The fraction of sp³-hybridized carbons (Fsp3) is 0.364. The van der Waals surface area contributed by atoms with Crippen LogP contribution in [-0.4, -0.2) is 52.7 Å². The number of benzene rings is 2. The Morgan fingerprint density at radius 2 is 1.76 bits per heavy atom. The maximum atomic E-state index is 13.3. The maximum Gasteiger partial charge on any atom is 0.417 e. The number of furan rings is 1. The Morgan fingerprint density at radius 3 is 2.50 bits per heavy atom. The summed E-state index contributed by atoms with van der Waals surface area (Å²) in [5.74, 6) is -0.162. The molecule has 34 heavy (non-hydrogen) atoms. The molecule has 0 radical (unpaired) electrons. The van der Waals surface area contributed by atoms with Crippen molar-refractivity contribution in [2.24, 2.45) is 0 Å². The molecule has 0 bridgehead atoms. The number of alkyl halides is 3. The summed E-state index contributed by atoms with van der Waals surface area (Å²) in [4.78, 5) is 1.46. The van der Waals surface area contributed by atoms with Gasteiger partial charge in [0, 0.05) is 31.1 Å². The zero-order valence-corrected chi connectivity index (χ0v) is 19.7. The third kappa shape index (κ3) is 6.15. The van der Waals surface area contributed by atoms with E-state index in [1.54, 1.807) is 18.2 Å². The van der Waals surface area contributed by atoms with E-state index in [1.165, 1.54) is 12.1 Å². The van der Waals surface area contributed by atoms with Crippen molar-refractivity contribution < 1.29 is 30.7 Å². The second-order valence-corrected chi connectivity index (χ2v) is 9.32. The topological polar surface area (TPSA) is 83.8 Å². The van der Waals surface area contributed by atoms with Gasteiger partial charge in [-0.2, -0.15) is 13.2 Å². The molecule has 186 valence electrons. The molecule has 0 amide bonds. The van der Waals surface area contributed by atoms with Crippen LogP contribution in [0.1, 0.15) is 12.0 Å². The van der Waals surface area contributed by atoms with Crippen LogP contribution in [0.2, 0.25) is 0 Å². The Kier molecular flexibility index (Phi) is 8.34. The van der Waals surface area contributed by atoms with Gasteiger partial charge in [0.2, 0.25) is 5.88 Å². The molecule has 1 aliphatic rings. The summed E-state index contributed by atoms with van der Waals surface area (Å²) in [6.07, 6.45) is -3.91. The van der Waals surface area contributed by atoms with Crippen molar-refractivity contribution in [3.8, 4) is 0 Å². The second-order valence-electron chi connectivity index (χ2n) is 7.67. The highest BCUT2D eigenvalue weighted by atomic mass is 35.5. The summed E-state index contributed by atoms with van der Waals surface area (Å²) in [5.41, 5.74) is -0.141. The van der Waals surface area contributed by atoms with Crippen molar-refractivity contribution in [1.29, 1.82) is 0 Å². The number of hydrogen-bond acceptors (Lipinski definition) is 6. The highest BCUT2D eigenvalue weighted by molar-refractivity contribution is 7.92. The van der Waals surface area contributed by atoms with Crippen LogP contribution in [0.5, 0.6) is 0 Å². The van der Waals surface area contributed by atoms with Crippen molar-refractivity contribution >= 4 is 45.0 Å². The smallest absolute Gasteiger partial charge is 0.417 e. The molecule has 12 heteroatoms. The van der Waals surface area contributed by atoms with E-state index in [-0.39, 0.29) is 18.3 Å². The first kappa shape index (κ1) is 26.1. The van der Waals surface area contributed by atoms with Crippen LogP contribution in [0.25, 0.3) is 11.0 Å². The van der Waals surface area contributed by atoms with Crippen LogP contribution in [0.4, 0.5) is 24.7 Å². The number of morpholine rings is 1. The van der Waals surface area contributed by atoms with E-state index in [0.717, 1.165) is 57.5 Å². The Bertz CT molecular complexity index is 1210. The van der Waals surface area contributed by atoms with Gasteiger partial charge in [-0.3, -0.25) is 4.90 Å². The van der Waals surface area contributed by atoms with Gasteiger partial charge in [0.15, 0.2) is 5.58 Å². The normalized spacial score (nSPS) is 15.1. The number of ether oxygens (including phenoxy) is 1. The minimum Gasteiger partial charge on any atom is -0.438 e. The van der Waals surface area contributed by atoms with Crippen LogP contribution < -0.4 is 10.0 Å². The first-order valence-corrected chi connectivity index (χ1v) is 12.0.